The Hall–Kier alpha value is -3.07. The molecule has 5 rings (SSSR count). The van der Waals surface area contributed by atoms with Crippen molar-refractivity contribution in [2.75, 3.05) is 0 Å². The predicted molar refractivity (Wildman–Crippen MR) is 104 cm³/mol. The Morgan fingerprint density at radius 1 is 0.808 bits per heavy atom. The number of benzene rings is 3. The van der Waals surface area contributed by atoms with Crippen LogP contribution in [0.25, 0.3) is 11.1 Å². The van der Waals surface area contributed by atoms with Crippen LogP contribution in [0.1, 0.15) is 30.5 Å². The fourth-order valence-electron chi connectivity index (χ4n) is 3.88. The van der Waals surface area contributed by atoms with Gasteiger partial charge in [0, 0.05) is 12.0 Å². The second-order valence-electron chi connectivity index (χ2n) is 6.84. The highest BCUT2D eigenvalue weighted by molar-refractivity contribution is 6.02. The highest BCUT2D eigenvalue weighted by atomic mass is 16.5. The monoisotopic (exact) mass is 340 g/mol. The van der Waals surface area contributed by atoms with Crippen LogP contribution < -0.4 is 4.74 Å². The Labute approximate surface area is 153 Å². The fourth-order valence-corrected chi connectivity index (χ4v) is 3.88. The van der Waals surface area contributed by atoms with E-state index in [1.807, 2.05) is 12.1 Å². The van der Waals surface area contributed by atoms with E-state index in [2.05, 4.69) is 78.7 Å². The van der Waals surface area contributed by atoms with Gasteiger partial charge >= 0.3 is 0 Å². The normalized spacial score (nSPS) is 20.8. The van der Waals surface area contributed by atoms with Crippen molar-refractivity contribution in [2.24, 2.45) is 5.10 Å². The Morgan fingerprint density at radius 3 is 2.27 bits per heavy atom. The highest BCUT2D eigenvalue weighted by Gasteiger charge is 2.37. The van der Waals surface area contributed by atoms with Crippen LogP contribution in [0.4, 0.5) is 0 Å². The lowest BCUT2D eigenvalue weighted by molar-refractivity contribution is -0.00334. The zero-order valence-corrected chi connectivity index (χ0v) is 14.7. The minimum Gasteiger partial charge on any atom is -0.469 e. The van der Waals surface area contributed by atoms with Gasteiger partial charge in [-0.25, -0.2) is 0 Å². The Balaban J connectivity index is 1.45. The topological polar surface area (TPSA) is 24.8 Å². The SMILES string of the molecule is C[C@@H]1Oc2ccccc2[C@@H]2CC(c3ccc(-c4ccccc4)cc3)=NN12. The van der Waals surface area contributed by atoms with Gasteiger partial charge in [0.05, 0.1) is 11.8 Å². The average molecular weight is 340 g/mol. The molecule has 2 atom stereocenters. The molecular weight excluding hydrogens is 320 g/mol. The van der Waals surface area contributed by atoms with Gasteiger partial charge in [-0.1, -0.05) is 72.8 Å². The van der Waals surface area contributed by atoms with Crippen LogP contribution in [0.5, 0.6) is 5.75 Å². The lowest BCUT2D eigenvalue weighted by atomic mass is 9.95. The van der Waals surface area contributed by atoms with E-state index in [9.17, 15) is 0 Å². The van der Waals surface area contributed by atoms with E-state index < -0.39 is 0 Å². The molecule has 128 valence electrons. The first kappa shape index (κ1) is 15.2. The van der Waals surface area contributed by atoms with Crippen molar-refractivity contribution in [3.05, 3.63) is 90.0 Å². The molecule has 0 radical (unpaired) electrons. The smallest absolute Gasteiger partial charge is 0.185 e. The van der Waals surface area contributed by atoms with E-state index in [-0.39, 0.29) is 12.3 Å². The summed E-state index contributed by atoms with van der Waals surface area (Å²) in [5, 5.41) is 6.99. The number of para-hydroxylation sites is 1. The zero-order chi connectivity index (χ0) is 17.5. The van der Waals surface area contributed by atoms with E-state index in [1.54, 1.807) is 0 Å². The van der Waals surface area contributed by atoms with Crippen LogP contribution in [0, 0.1) is 0 Å². The summed E-state index contributed by atoms with van der Waals surface area (Å²) in [5.74, 6) is 0.983. The highest BCUT2D eigenvalue weighted by Crippen LogP contribution is 2.42. The fraction of sp³-hybridized carbons (Fsp3) is 0.174. The maximum absolute atomic E-state index is 6.03. The summed E-state index contributed by atoms with van der Waals surface area (Å²) in [6, 6.07) is 27.7. The molecule has 0 N–H and O–H groups in total. The summed E-state index contributed by atoms with van der Waals surface area (Å²) in [5.41, 5.74) is 6.00. The molecule has 3 aromatic carbocycles. The van der Waals surface area contributed by atoms with Crippen molar-refractivity contribution in [2.45, 2.75) is 25.6 Å². The summed E-state index contributed by atoms with van der Waals surface area (Å²) >= 11 is 0. The Morgan fingerprint density at radius 2 is 1.46 bits per heavy atom. The van der Waals surface area contributed by atoms with Crippen LogP contribution in [-0.2, 0) is 0 Å². The van der Waals surface area contributed by atoms with Gasteiger partial charge in [0.1, 0.15) is 5.75 Å². The first-order chi connectivity index (χ1) is 12.8. The molecule has 0 saturated heterocycles. The lowest BCUT2D eigenvalue weighted by Gasteiger charge is -2.36. The summed E-state index contributed by atoms with van der Waals surface area (Å²) in [4.78, 5) is 0. The summed E-state index contributed by atoms with van der Waals surface area (Å²) in [6.45, 7) is 2.06. The van der Waals surface area contributed by atoms with Gasteiger partial charge in [0.15, 0.2) is 6.23 Å². The van der Waals surface area contributed by atoms with Gasteiger partial charge in [-0.2, -0.15) is 5.10 Å². The maximum Gasteiger partial charge on any atom is 0.185 e. The number of hydrogen-bond donors (Lipinski definition) is 0. The quantitative estimate of drug-likeness (QED) is 0.637. The van der Waals surface area contributed by atoms with Crippen LogP contribution in [0.15, 0.2) is 84.0 Å². The largest absolute Gasteiger partial charge is 0.469 e. The first-order valence-electron chi connectivity index (χ1n) is 9.07. The van der Waals surface area contributed by atoms with Gasteiger partial charge in [-0.15, -0.1) is 0 Å². The van der Waals surface area contributed by atoms with Crippen LogP contribution >= 0.6 is 0 Å². The van der Waals surface area contributed by atoms with Crippen molar-refractivity contribution >= 4 is 5.71 Å². The molecule has 0 fully saturated rings. The molecule has 2 aliphatic rings. The molecule has 0 saturated carbocycles. The summed E-state index contributed by atoms with van der Waals surface area (Å²) in [6.07, 6.45) is 0.867. The number of ether oxygens (including phenoxy) is 1. The molecule has 3 heteroatoms. The van der Waals surface area contributed by atoms with Crippen molar-refractivity contribution < 1.29 is 4.74 Å². The second kappa shape index (κ2) is 6.03. The number of rotatable bonds is 2. The molecule has 3 nitrogen and oxygen atoms in total. The summed E-state index contributed by atoms with van der Waals surface area (Å²) < 4.78 is 6.03. The second-order valence-corrected chi connectivity index (χ2v) is 6.84. The van der Waals surface area contributed by atoms with Gasteiger partial charge in [0.2, 0.25) is 0 Å². The minimum absolute atomic E-state index is 0.0454. The molecule has 2 heterocycles. The van der Waals surface area contributed by atoms with Crippen molar-refractivity contribution in [1.29, 1.82) is 0 Å². The standard InChI is InChI=1S/C23H20N2O/c1-16-25-22(20-9-5-6-10-23(20)26-16)15-21(24-25)19-13-11-18(12-14-19)17-7-3-2-4-8-17/h2-14,16,22H,15H2,1H3/t16-,22-/m0/s1. The molecule has 26 heavy (non-hydrogen) atoms. The molecule has 0 aliphatic carbocycles. The van der Waals surface area contributed by atoms with Gasteiger partial charge < -0.3 is 4.74 Å². The van der Waals surface area contributed by atoms with E-state index in [0.717, 1.165) is 17.9 Å². The van der Waals surface area contributed by atoms with E-state index in [1.165, 1.54) is 22.3 Å². The number of hydrazone groups is 1. The van der Waals surface area contributed by atoms with Crippen LogP contribution in [0.2, 0.25) is 0 Å². The third kappa shape index (κ3) is 2.48. The van der Waals surface area contributed by atoms with Gasteiger partial charge in [-0.05, 0) is 29.7 Å². The third-order valence-corrected chi connectivity index (χ3v) is 5.22. The van der Waals surface area contributed by atoms with Gasteiger partial charge in [0.25, 0.3) is 0 Å². The molecule has 0 amide bonds. The lowest BCUT2D eigenvalue weighted by Crippen LogP contribution is -2.37. The number of fused-ring (bicyclic) bond motifs is 3. The average Bonchev–Trinajstić information content (AvgIpc) is 3.15. The van der Waals surface area contributed by atoms with E-state index in [4.69, 9.17) is 9.84 Å². The molecular formula is C23H20N2O. The summed E-state index contributed by atoms with van der Waals surface area (Å²) in [7, 11) is 0. The first-order valence-corrected chi connectivity index (χ1v) is 9.07. The molecule has 3 aromatic rings. The van der Waals surface area contributed by atoms with E-state index in [0.29, 0.717) is 0 Å². The van der Waals surface area contributed by atoms with E-state index >= 15 is 0 Å². The third-order valence-electron chi connectivity index (χ3n) is 5.22. The maximum atomic E-state index is 6.03. The molecule has 2 aliphatic heterocycles. The molecule has 0 aromatic heterocycles. The number of hydrogen-bond acceptors (Lipinski definition) is 3. The predicted octanol–water partition coefficient (Wildman–Crippen LogP) is 5.24. The molecule has 0 unspecified atom stereocenters. The molecule has 0 bridgehead atoms. The zero-order valence-electron chi connectivity index (χ0n) is 14.7. The van der Waals surface area contributed by atoms with Crippen molar-refractivity contribution in [3.8, 4) is 16.9 Å². The minimum atomic E-state index is -0.0454. The van der Waals surface area contributed by atoms with Crippen molar-refractivity contribution in [1.82, 2.24) is 5.01 Å². The Kier molecular flexibility index (Phi) is 3.52. The Bertz CT molecular complexity index is 963. The molecule has 0 spiro atoms. The van der Waals surface area contributed by atoms with Crippen molar-refractivity contribution in [3.63, 3.8) is 0 Å². The van der Waals surface area contributed by atoms with Crippen LogP contribution in [-0.4, -0.2) is 16.9 Å². The van der Waals surface area contributed by atoms with Gasteiger partial charge in [-0.3, -0.25) is 5.01 Å². The van der Waals surface area contributed by atoms with Crippen LogP contribution in [0.3, 0.4) is 0 Å². The number of nitrogens with zero attached hydrogens (tertiary/aromatic N) is 2.